The molecule has 0 aliphatic carbocycles. The Kier molecular flexibility index (Phi) is 3.14. The standard InChI is InChI=1S/C11H12N2O3S/c1-6-8(10(14)16-2)9(13-11(15)12-6)7-4-3-5-17-7/h3-5,8-9H,1H2,2H3,(H2,12,13,15). The molecule has 1 aliphatic rings. The van der Waals surface area contributed by atoms with E-state index in [1.807, 2.05) is 17.5 Å². The monoisotopic (exact) mass is 252 g/mol. The van der Waals surface area contributed by atoms with Crippen LogP contribution in [-0.2, 0) is 9.53 Å². The van der Waals surface area contributed by atoms with Gasteiger partial charge in [-0.2, -0.15) is 0 Å². The van der Waals surface area contributed by atoms with Crippen LogP contribution in [0, 0.1) is 5.92 Å². The van der Waals surface area contributed by atoms with Crippen LogP contribution in [0.15, 0.2) is 29.8 Å². The number of nitrogens with one attached hydrogen (secondary N) is 2. The van der Waals surface area contributed by atoms with Gasteiger partial charge in [0.2, 0.25) is 0 Å². The third kappa shape index (κ3) is 2.16. The molecule has 90 valence electrons. The van der Waals surface area contributed by atoms with Crippen molar-refractivity contribution in [2.45, 2.75) is 6.04 Å². The van der Waals surface area contributed by atoms with Crippen LogP contribution >= 0.6 is 11.3 Å². The Balaban J connectivity index is 2.34. The molecule has 1 aliphatic heterocycles. The van der Waals surface area contributed by atoms with Crippen LogP contribution in [0.25, 0.3) is 0 Å². The number of carbonyl (C=O) groups is 2. The normalized spacial score (nSPS) is 23.8. The largest absolute Gasteiger partial charge is 0.468 e. The molecule has 2 heterocycles. The van der Waals surface area contributed by atoms with E-state index in [9.17, 15) is 9.59 Å². The molecule has 1 aromatic rings. The summed E-state index contributed by atoms with van der Waals surface area (Å²) < 4.78 is 4.74. The minimum Gasteiger partial charge on any atom is -0.468 e. The number of rotatable bonds is 2. The molecule has 5 nitrogen and oxygen atoms in total. The Morgan fingerprint density at radius 3 is 2.94 bits per heavy atom. The summed E-state index contributed by atoms with van der Waals surface area (Å²) in [5, 5.41) is 7.10. The van der Waals surface area contributed by atoms with Crippen LogP contribution in [0.1, 0.15) is 10.9 Å². The number of ether oxygens (including phenoxy) is 1. The molecule has 0 radical (unpaired) electrons. The average Bonchev–Trinajstić information content (AvgIpc) is 2.80. The number of amides is 2. The van der Waals surface area contributed by atoms with Gasteiger partial charge in [0, 0.05) is 10.6 Å². The minimum atomic E-state index is -0.601. The summed E-state index contributed by atoms with van der Waals surface area (Å²) in [6.45, 7) is 3.71. The predicted molar refractivity (Wildman–Crippen MR) is 63.4 cm³/mol. The molecule has 2 rings (SSSR count). The maximum absolute atomic E-state index is 11.7. The Labute approximate surface area is 102 Å². The molecular formula is C11H12N2O3S. The third-order valence-electron chi connectivity index (χ3n) is 2.57. The Morgan fingerprint density at radius 1 is 1.59 bits per heavy atom. The van der Waals surface area contributed by atoms with Crippen molar-refractivity contribution in [2.24, 2.45) is 5.92 Å². The first-order chi connectivity index (χ1) is 8.13. The van der Waals surface area contributed by atoms with Crippen LogP contribution in [0.2, 0.25) is 0 Å². The molecule has 0 aromatic carbocycles. The van der Waals surface area contributed by atoms with E-state index in [-0.39, 0.29) is 6.03 Å². The summed E-state index contributed by atoms with van der Waals surface area (Å²) in [6, 6.07) is 2.97. The first-order valence-electron chi connectivity index (χ1n) is 5.01. The Hall–Kier alpha value is -1.82. The Morgan fingerprint density at radius 2 is 2.35 bits per heavy atom. The van der Waals surface area contributed by atoms with E-state index >= 15 is 0 Å². The zero-order valence-corrected chi connectivity index (χ0v) is 10.0. The highest BCUT2D eigenvalue weighted by molar-refractivity contribution is 7.10. The van der Waals surface area contributed by atoms with Crippen molar-refractivity contribution in [3.8, 4) is 0 Å². The van der Waals surface area contributed by atoms with Crippen molar-refractivity contribution in [2.75, 3.05) is 7.11 Å². The van der Waals surface area contributed by atoms with Crippen LogP contribution in [0.5, 0.6) is 0 Å². The zero-order chi connectivity index (χ0) is 12.4. The molecule has 0 saturated carbocycles. The smallest absolute Gasteiger partial charge is 0.319 e. The van der Waals surface area contributed by atoms with Crippen molar-refractivity contribution in [3.63, 3.8) is 0 Å². The molecule has 2 amide bonds. The van der Waals surface area contributed by atoms with E-state index in [0.29, 0.717) is 5.70 Å². The van der Waals surface area contributed by atoms with E-state index < -0.39 is 17.9 Å². The lowest BCUT2D eigenvalue weighted by Crippen LogP contribution is -2.50. The summed E-state index contributed by atoms with van der Waals surface area (Å²) in [4.78, 5) is 24.0. The van der Waals surface area contributed by atoms with Gasteiger partial charge < -0.3 is 15.4 Å². The first kappa shape index (κ1) is 11.7. The highest BCUT2D eigenvalue weighted by Gasteiger charge is 2.38. The highest BCUT2D eigenvalue weighted by atomic mass is 32.1. The summed E-state index contributed by atoms with van der Waals surface area (Å²) in [6.07, 6.45) is 0. The second-order valence-electron chi connectivity index (χ2n) is 3.62. The third-order valence-corrected chi connectivity index (χ3v) is 3.53. The molecule has 0 bridgehead atoms. The molecular weight excluding hydrogens is 240 g/mol. The predicted octanol–water partition coefficient (Wildman–Crippen LogP) is 1.40. The maximum Gasteiger partial charge on any atom is 0.319 e. The highest BCUT2D eigenvalue weighted by Crippen LogP contribution is 2.32. The molecule has 1 aromatic heterocycles. The summed E-state index contributed by atoms with van der Waals surface area (Å²) >= 11 is 1.47. The fraction of sp³-hybridized carbons (Fsp3) is 0.273. The van der Waals surface area contributed by atoms with Crippen LogP contribution in [0.3, 0.4) is 0 Å². The molecule has 0 spiro atoms. The topological polar surface area (TPSA) is 67.4 Å². The van der Waals surface area contributed by atoms with Gasteiger partial charge in [-0.15, -0.1) is 11.3 Å². The van der Waals surface area contributed by atoms with Gasteiger partial charge in [-0.1, -0.05) is 12.6 Å². The number of thiophene rings is 1. The van der Waals surface area contributed by atoms with Gasteiger partial charge in [0.1, 0.15) is 5.92 Å². The van der Waals surface area contributed by atoms with Gasteiger partial charge in [-0.25, -0.2) is 4.79 Å². The van der Waals surface area contributed by atoms with Crippen LogP contribution < -0.4 is 10.6 Å². The van der Waals surface area contributed by atoms with Gasteiger partial charge in [0.15, 0.2) is 0 Å². The molecule has 2 N–H and O–H groups in total. The molecule has 2 unspecified atom stereocenters. The molecule has 1 saturated heterocycles. The SMILES string of the molecule is C=C1NC(=O)NC(c2cccs2)C1C(=O)OC. The van der Waals surface area contributed by atoms with Crippen molar-refractivity contribution in [1.29, 1.82) is 0 Å². The quantitative estimate of drug-likeness (QED) is 0.782. The number of hydrogen-bond acceptors (Lipinski definition) is 4. The Bertz CT molecular complexity index is 455. The lowest BCUT2D eigenvalue weighted by atomic mass is 9.93. The zero-order valence-electron chi connectivity index (χ0n) is 9.23. The lowest BCUT2D eigenvalue weighted by molar-refractivity contribution is -0.145. The van der Waals surface area contributed by atoms with Gasteiger partial charge in [-0.3, -0.25) is 4.79 Å². The van der Waals surface area contributed by atoms with E-state index in [4.69, 9.17) is 4.74 Å². The molecule has 17 heavy (non-hydrogen) atoms. The molecule has 1 fully saturated rings. The number of carbonyl (C=O) groups excluding carboxylic acids is 2. The average molecular weight is 252 g/mol. The number of urea groups is 1. The molecule has 6 heteroatoms. The van der Waals surface area contributed by atoms with E-state index in [1.54, 1.807) is 0 Å². The van der Waals surface area contributed by atoms with E-state index in [0.717, 1.165) is 4.88 Å². The number of methoxy groups -OCH3 is 1. The summed E-state index contributed by atoms with van der Waals surface area (Å²) in [5.41, 5.74) is 0.360. The van der Waals surface area contributed by atoms with Crippen molar-refractivity contribution in [1.82, 2.24) is 10.6 Å². The fourth-order valence-corrected chi connectivity index (χ4v) is 2.61. The fourth-order valence-electron chi connectivity index (χ4n) is 1.79. The van der Waals surface area contributed by atoms with Gasteiger partial charge in [-0.05, 0) is 11.4 Å². The van der Waals surface area contributed by atoms with Gasteiger partial charge >= 0.3 is 12.0 Å². The second-order valence-corrected chi connectivity index (χ2v) is 4.60. The van der Waals surface area contributed by atoms with Gasteiger partial charge in [0.25, 0.3) is 0 Å². The van der Waals surface area contributed by atoms with E-state index in [1.165, 1.54) is 18.4 Å². The van der Waals surface area contributed by atoms with Crippen molar-refractivity contribution in [3.05, 3.63) is 34.7 Å². The molecule has 2 atom stereocenters. The minimum absolute atomic E-state index is 0.353. The number of hydrogen-bond donors (Lipinski definition) is 2. The van der Waals surface area contributed by atoms with Crippen molar-refractivity contribution >= 4 is 23.3 Å². The summed E-state index contributed by atoms with van der Waals surface area (Å²) in [7, 11) is 1.32. The first-order valence-corrected chi connectivity index (χ1v) is 5.89. The van der Waals surface area contributed by atoms with Crippen LogP contribution in [0.4, 0.5) is 4.79 Å². The van der Waals surface area contributed by atoms with Crippen LogP contribution in [-0.4, -0.2) is 19.1 Å². The number of esters is 1. The lowest BCUT2D eigenvalue weighted by Gasteiger charge is -2.31. The maximum atomic E-state index is 11.7. The second kappa shape index (κ2) is 4.58. The van der Waals surface area contributed by atoms with Gasteiger partial charge in [0.05, 0.1) is 13.2 Å². The van der Waals surface area contributed by atoms with Crippen molar-refractivity contribution < 1.29 is 14.3 Å². The summed E-state index contributed by atoms with van der Waals surface area (Å²) in [5.74, 6) is -1.02. The van der Waals surface area contributed by atoms with E-state index in [2.05, 4.69) is 17.2 Å².